The van der Waals surface area contributed by atoms with Crippen molar-refractivity contribution in [1.29, 1.82) is 0 Å². The maximum Gasteiger partial charge on any atom is 0.225 e. The lowest BCUT2D eigenvalue weighted by Gasteiger charge is -2.34. The SMILES string of the molecule is COC(CN)CC(=O)N1CCN(Cc2cn3ccccc3n2)CC1.Cl.Cl. The summed E-state index contributed by atoms with van der Waals surface area (Å²) in [7, 11) is 1.59. The van der Waals surface area contributed by atoms with Crippen molar-refractivity contribution in [1.82, 2.24) is 19.2 Å². The number of methoxy groups -OCH3 is 1. The number of carbonyl (C=O) groups excluding carboxylic acids is 1. The molecule has 3 heterocycles. The van der Waals surface area contributed by atoms with E-state index in [-0.39, 0.29) is 36.8 Å². The Balaban J connectivity index is 0.00000169. The van der Waals surface area contributed by atoms with E-state index in [2.05, 4.69) is 16.1 Å². The van der Waals surface area contributed by atoms with Crippen LogP contribution >= 0.6 is 24.8 Å². The van der Waals surface area contributed by atoms with Crippen LogP contribution in [0.4, 0.5) is 0 Å². The first-order chi connectivity index (χ1) is 11.7. The van der Waals surface area contributed by atoms with Crippen LogP contribution in [0.2, 0.25) is 0 Å². The second-order valence-corrected chi connectivity index (χ2v) is 6.15. The highest BCUT2D eigenvalue weighted by Crippen LogP contribution is 2.11. The monoisotopic (exact) mass is 403 g/mol. The lowest BCUT2D eigenvalue weighted by molar-refractivity contribution is -0.135. The molecular weight excluding hydrogens is 377 g/mol. The highest BCUT2D eigenvalue weighted by atomic mass is 35.5. The first-order valence-electron chi connectivity index (χ1n) is 8.35. The van der Waals surface area contributed by atoms with Crippen molar-refractivity contribution >= 4 is 36.4 Å². The lowest BCUT2D eigenvalue weighted by Crippen LogP contribution is -2.49. The van der Waals surface area contributed by atoms with Crippen LogP contribution in [-0.4, -0.2) is 71.0 Å². The summed E-state index contributed by atoms with van der Waals surface area (Å²) in [6, 6.07) is 5.99. The number of nitrogens with two attached hydrogens (primary N) is 1. The number of nitrogens with zero attached hydrogens (tertiary/aromatic N) is 4. The van der Waals surface area contributed by atoms with Gasteiger partial charge in [-0.2, -0.15) is 0 Å². The summed E-state index contributed by atoms with van der Waals surface area (Å²) in [6.07, 6.45) is 4.25. The van der Waals surface area contributed by atoms with Crippen LogP contribution < -0.4 is 5.73 Å². The number of halogens is 2. The molecule has 2 aromatic heterocycles. The zero-order valence-corrected chi connectivity index (χ0v) is 16.5. The van der Waals surface area contributed by atoms with E-state index >= 15 is 0 Å². The van der Waals surface area contributed by atoms with Crippen LogP contribution in [0.15, 0.2) is 30.6 Å². The Labute approximate surface area is 166 Å². The van der Waals surface area contributed by atoms with Gasteiger partial charge in [0.05, 0.1) is 18.2 Å². The smallest absolute Gasteiger partial charge is 0.225 e. The summed E-state index contributed by atoms with van der Waals surface area (Å²) < 4.78 is 7.23. The summed E-state index contributed by atoms with van der Waals surface area (Å²) in [5.74, 6) is 0.125. The van der Waals surface area contributed by atoms with Gasteiger partial charge in [0, 0.05) is 58.8 Å². The molecule has 1 unspecified atom stereocenters. The van der Waals surface area contributed by atoms with Gasteiger partial charge in [0.15, 0.2) is 0 Å². The highest BCUT2D eigenvalue weighted by Gasteiger charge is 2.23. The van der Waals surface area contributed by atoms with Crippen LogP contribution in [0.1, 0.15) is 12.1 Å². The summed E-state index contributed by atoms with van der Waals surface area (Å²) in [5, 5.41) is 0. The van der Waals surface area contributed by atoms with E-state index in [1.54, 1.807) is 7.11 Å². The molecule has 1 atom stereocenters. The molecule has 7 nitrogen and oxygen atoms in total. The van der Waals surface area contributed by atoms with E-state index in [9.17, 15) is 4.79 Å². The van der Waals surface area contributed by atoms with Gasteiger partial charge in [-0.15, -0.1) is 24.8 Å². The molecule has 2 N–H and O–H groups in total. The van der Waals surface area contributed by atoms with Crippen molar-refractivity contribution in [2.75, 3.05) is 39.8 Å². The van der Waals surface area contributed by atoms with E-state index in [4.69, 9.17) is 10.5 Å². The van der Waals surface area contributed by atoms with Gasteiger partial charge in [0.1, 0.15) is 5.65 Å². The standard InChI is InChI=1S/C17H25N5O2.2ClH/c1-24-15(11-18)10-17(23)21-8-6-20(7-9-21)12-14-13-22-5-3-2-4-16(22)19-14;;/h2-5,13,15H,6-12,18H2,1H3;2*1H. The molecule has 2 aromatic rings. The Morgan fingerprint density at radius 3 is 2.62 bits per heavy atom. The minimum atomic E-state index is -0.187. The number of ether oxygens (including phenoxy) is 1. The zero-order chi connectivity index (χ0) is 16.9. The van der Waals surface area contributed by atoms with E-state index in [0.29, 0.717) is 13.0 Å². The number of imidazole rings is 1. The van der Waals surface area contributed by atoms with E-state index in [1.807, 2.05) is 33.7 Å². The second kappa shape index (κ2) is 10.7. The Kier molecular flexibility index (Phi) is 9.32. The van der Waals surface area contributed by atoms with Crippen molar-refractivity contribution in [3.63, 3.8) is 0 Å². The van der Waals surface area contributed by atoms with Gasteiger partial charge in [-0.25, -0.2) is 4.98 Å². The molecular formula is C17H27Cl2N5O2. The molecule has 0 radical (unpaired) electrons. The molecule has 0 spiro atoms. The average molecular weight is 404 g/mol. The Morgan fingerprint density at radius 1 is 1.27 bits per heavy atom. The molecule has 0 aliphatic carbocycles. The molecule has 1 aliphatic heterocycles. The molecule has 9 heteroatoms. The van der Waals surface area contributed by atoms with Crippen molar-refractivity contribution in [3.05, 3.63) is 36.3 Å². The molecule has 0 saturated carbocycles. The normalized spacial score (nSPS) is 16.0. The number of fused-ring (bicyclic) bond motifs is 1. The lowest BCUT2D eigenvalue weighted by atomic mass is 10.2. The third-order valence-electron chi connectivity index (χ3n) is 4.52. The zero-order valence-electron chi connectivity index (χ0n) is 14.9. The van der Waals surface area contributed by atoms with Crippen molar-refractivity contribution < 1.29 is 9.53 Å². The van der Waals surface area contributed by atoms with Gasteiger partial charge in [-0.1, -0.05) is 6.07 Å². The van der Waals surface area contributed by atoms with Crippen LogP contribution in [0.3, 0.4) is 0 Å². The highest BCUT2D eigenvalue weighted by molar-refractivity contribution is 5.85. The fourth-order valence-electron chi connectivity index (χ4n) is 3.03. The quantitative estimate of drug-likeness (QED) is 0.783. The molecule has 0 aromatic carbocycles. The minimum absolute atomic E-state index is 0. The van der Waals surface area contributed by atoms with Crippen molar-refractivity contribution in [2.24, 2.45) is 5.73 Å². The first kappa shape index (κ1) is 22.7. The number of amides is 1. The van der Waals surface area contributed by atoms with Crippen LogP contribution in [0.5, 0.6) is 0 Å². The number of carbonyl (C=O) groups is 1. The Bertz CT molecular complexity index is 652. The summed E-state index contributed by atoms with van der Waals surface area (Å²) in [4.78, 5) is 21.1. The number of rotatable bonds is 6. The first-order valence-corrected chi connectivity index (χ1v) is 8.35. The minimum Gasteiger partial charge on any atom is -0.380 e. The molecule has 0 bridgehead atoms. The third-order valence-corrected chi connectivity index (χ3v) is 4.52. The molecule has 146 valence electrons. The van der Waals surface area contributed by atoms with E-state index in [0.717, 1.165) is 44.1 Å². The largest absolute Gasteiger partial charge is 0.380 e. The third kappa shape index (κ3) is 5.56. The molecule has 3 rings (SSSR count). The van der Waals surface area contributed by atoms with Crippen molar-refractivity contribution in [3.8, 4) is 0 Å². The Hall–Kier alpha value is -1.38. The molecule has 1 aliphatic rings. The van der Waals surface area contributed by atoms with Crippen LogP contribution in [0.25, 0.3) is 5.65 Å². The van der Waals surface area contributed by atoms with Crippen LogP contribution in [-0.2, 0) is 16.1 Å². The second-order valence-electron chi connectivity index (χ2n) is 6.15. The van der Waals surface area contributed by atoms with Gasteiger partial charge in [0.2, 0.25) is 5.91 Å². The Morgan fingerprint density at radius 2 is 2.00 bits per heavy atom. The number of piperazine rings is 1. The van der Waals surface area contributed by atoms with Gasteiger partial charge < -0.3 is 19.8 Å². The van der Waals surface area contributed by atoms with E-state index < -0.39 is 0 Å². The van der Waals surface area contributed by atoms with Gasteiger partial charge in [0.25, 0.3) is 0 Å². The number of hydrogen-bond donors (Lipinski definition) is 1. The summed E-state index contributed by atoms with van der Waals surface area (Å²) in [6.45, 7) is 4.39. The average Bonchev–Trinajstić information content (AvgIpc) is 3.02. The summed E-state index contributed by atoms with van der Waals surface area (Å²) in [5.41, 5.74) is 7.61. The number of aromatic nitrogens is 2. The molecule has 1 amide bonds. The fraction of sp³-hybridized carbons (Fsp3) is 0.529. The van der Waals surface area contributed by atoms with Crippen molar-refractivity contribution in [2.45, 2.75) is 19.1 Å². The predicted molar refractivity (Wildman–Crippen MR) is 106 cm³/mol. The van der Waals surface area contributed by atoms with Gasteiger partial charge >= 0.3 is 0 Å². The molecule has 26 heavy (non-hydrogen) atoms. The molecule has 1 fully saturated rings. The number of pyridine rings is 1. The number of hydrogen-bond acceptors (Lipinski definition) is 5. The van der Waals surface area contributed by atoms with Gasteiger partial charge in [-0.3, -0.25) is 9.69 Å². The fourth-order valence-corrected chi connectivity index (χ4v) is 3.03. The van der Waals surface area contributed by atoms with E-state index in [1.165, 1.54) is 0 Å². The summed E-state index contributed by atoms with van der Waals surface area (Å²) >= 11 is 0. The molecule has 1 saturated heterocycles. The van der Waals surface area contributed by atoms with Crippen LogP contribution in [0, 0.1) is 0 Å². The van der Waals surface area contributed by atoms with Gasteiger partial charge in [-0.05, 0) is 12.1 Å². The topological polar surface area (TPSA) is 76.1 Å². The predicted octanol–water partition coefficient (Wildman–Crippen LogP) is 1.19. The maximum absolute atomic E-state index is 12.3. The maximum atomic E-state index is 12.3.